The minimum Gasteiger partial charge on any atom is -0.497 e. The Morgan fingerprint density at radius 1 is 1.03 bits per heavy atom. The molecule has 0 aliphatic rings. The van der Waals surface area contributed by atoms with E-state index < -0.39 is 0 Å². The summed E-state index contributed by atoms with van der Waals surface area (Å²) in [4.78, 5) is 30.1. The number of anilines is 1. The van der Waals surface area contributed by atoms with E-state index >= 15 is 0 Å². The van der Waals surface area contributed by atoms with E-state index in [9.17, 15) is 9.59 Å². The molecule has 2 aromatic heterocycles. The van der Waals surface area contributed by atoms with Gasteiger partial charge in [-0.3, -0.25) is 14.2 Å². The van der Waals surface area contributed by atoms with Crippen molar-refractivity contribution in [3.05, 3.63) is 89.2 Å². The van der Waals surface area contributed by atoms with Gasteiger partial charge in [0.15, 0.2) is 16.1 Å². The molecule has 0 bridgehead atoms. The molecule has 9 nitrogen and oxygen atoms in total. The lowest BCUT2D eigenvalue weighted by molar-refractivity contribution is -0.113. The summed E-state index contributed by atoms with van der Waals surface area (Å²) in [7, 11) is 1.56. The summed E-state index contributed by atoms with van der Waals surface area (Å²) in [6.07, 6.45) is 0. The molecule has 5 rings (SSSR count). The number of hydrogen-bond acceptors (Lipinski definition) is 8. The number of amides is 2. The van der Waals surface area contributed by atoms with Gasteiger partial charge in [-0.1, -0.05) is 53.4 Å². The van der Waals surface area contributed by atoms with Crippen LogP contribution in [0.15, 0.2) is 71.9 Å². The number of ether oxygens (including phenoxy) is 1. The summed E-state index contributed by atoms with van der Waals surface area (Å²) in [6.45, 7) is 4.21. The van der Waals surface area contributed by atoms with Crippen LogP contribution < -0.4 is 15.4 Å². The maximum absolute atomic E-state index is 12.8. The SMILES string of the molecule is COc1cccc(C(=O)NCc2nnc(SCC(=O)Nc3nc4ccccc4s3)n2-c2cccc(C)c2C)c1. The number of para-hydroxylation sites is 1. The van der Waals surface area contributed by atoms with Crippen molar-refractivity contribution in [1.29, 1.82) is 0 Å². The standard InChI is InChI=1S/C28H26N6O3S2/c1-17-8-6-12-22(18(17)2)34-24(15-29-26(36)19-9-7-10-20(14-19)37-3)32-33-28(34)38-16-25(35)31-27-30-21-11-4-5-13-23(21)39-27/h4-14H,15-16H2,1-3H3,(H,29,36)(H,30,31,35). The van der Waals surface area contributed by atoms with Gasteiger partial charge in [0.1, 0.15) is 5.75 Å². The fourth-order valence-corrected chi connectivity index (χ4v) is 5.61. The van der Waals surface area contributed by atoms with Crippen molar-refractivity contribution in [2.45, 2.75) is 25.5 Å². The second kappa shape index (κ2) is 11.7. The highest BCUT2D eigenvalue weighted by molar-refractivity contribution is 7.99. The topological polar surface area (TPSA) is 111 Å². The minimum absolute atomic E-state index is 0.120. The van der Waals surface area contributed by atoms with E-state index in [1.165, 1.54) is 23.1 Å². The molecule has 0 saturated carbocycles. The quantitative estimate of drug-likeness (QED) is 0.240. The predicted molar refractivity (Wildman–Crippen MR) is 154 cm³/mol. The molecule has 0 aliphatic carbocycles. The summed E-state index contributed by atoms with van der Waals surface area (Å²) >= 11 is 2.70. The largest absolute Gasteiger partial charge is 0.497 e. The van der Waals surface area contributed by atoms with Crippen molar-refractivity contribution in [3.8, 4) is 11.4 Å². The van der Waals surface area contributed by atoms with Crippen LogP contribution in [0.2, 0.25) is 0 Å². The molecule has 39 heavy (non-hydrogen) atoms. The number of hydrogen-bond donors (Lipinski definition) is 2. The third-order valence-corrected chi connectivity index (χ3v) is 8.01. The second-order valence-electron chi connectivity index (χ2n) is 8.69. The molecule has 198 valence electrons. The Morgan fingerprint density at radius 2 is 1.85 bits per heavy atom. The van der Waals surface area contributed by atoms with Gasteiger partial charge in [0.2, 0.25) is 5.91 Å². The van der Waals surface area contributed by atoms with Crippen LogP contribution in [0.1, 0.15) is 27.3 Å². The molecule has 2 heterocycles. The third kappa shape index (κ3) is 5.94. The van der Waals surface area contributed by atoms with Crippen LogP contribution in [0, 0.1) is 13.8 Å². The number of carbonyl (C=O) groups excluding carboxylic acids is 2. The first-order chi connectivity index (χ1) is 18.9. The van der Waals surface area contributed by atoms with Gasteiger partial charge in [-0.25, -0.2) is 4.98 Å². The van der Waals surface area contributed by atoms with E-state index in [0.29, 0.717) is 27.4 Å². The van der Waals surface area contributed by atoms with Gasteiger partial charge in [0.05, 0.1) is 35.3 Å². The lowest BCUT2D eigenvalue weighted by Gasteiger charge is -2.15. The van der Waals surface area contributed by atoms with E-state index in [2.05, 4.69) is 25.8 Å². The number of nitrogens with zero attached hydrogens (tertiary/aromatic N) is 4. The van der Waals surface area contributed by atoms with Gasteiger partial charge in [-0.15, -0.1) is 10.2 Å². The first-order valence-corrected chi connectivity index (χ1v) is 13.9. The smallest absolute Gasteiger partial charge is 0.251 e. The molecule has 0 spiro atoms. The van der Waals surface area contributed by atoms with Crippen molar-refractivity contribution >= 4 is 50.3 Å². The minimum atomic E-state index is -0.256. The van der Waals surface area contributed by atoms with E-state index in [-0.39, 0.29) is 24.1 Å². The molecule has 5 aromatic rings. The number of aryl methyl sites for hydroxylation is 1. The third-order valence-electron chi connectivity index (χ3n) is 6.13. The Morgan fingerprint density at radius 3 is 2.67 bits per heavy atom. The van der Waals surface area contributed by atoms with Gasteiger partial charge in [-0.05, 0) is 61.4 Å². The fourth-order valence-electron chi connectivity index (χ4n) is 3.96. The van der Waals surface area contributed by atoms with Crippen LogP contribution in [-0.4, -0.2) is 44.4 Å². The monoisotopic (exact) mass is 558 g/mol. The number of thiazole rings is 1. The Balaban J connectivity index is 1.34. The van der Waals surface area contributed by atoms with Crippen LogP contribution >= 0.6 is 23.1 Å². The fraction of sp³-hybridized carbons (Fsp3) is 0.179. The van der Waals surface area contributed by atoms with E-state index in [0.717, 1.165) is 27.0 Å². The molecular formula is C28H26N6O3S2. The number of rotatable bonds is 9. The molecule has 0 aliphatic heterocycles. The number of carbonyl (C=O) groups is 2. The maximum atomic E-state index is 12.8. The van der Waals surface area contributed by atoms with E-state index in [1.54, 1.807) is 31.4 Å². The van der Waals surface area contributed by atoms with Crippen molar-refractivity contribution < 1.29 is 14.3 Å². The highest BCUT2D eigenvalue weighted by Crippen LogP contribution is 2.28. The van der Waals surface area contributed by atoms with Crippen molar-refractivity contribution in [2.24, 2.45) is 0 Å². The molecule has 3 aromatic carbocycles. The van der Waals surface area contributed by atoms with Gasteiger partial charge < -0.3 is 15.4 Å². The zero-order valence-electron chi connectivity index (χ0n) is 21.6. The van der Waals surface area contributed by atoms with Crippen LogP contribution in [0.3, 0.4) is 0 Å². The first-order valence-electron chi connectivity index (χ1n) is 12.1. The average Bonchev–Trinajstić information content (AvgIpc) is 3.55. The lowest BCUT2D eigenvalue weighted by Crippen LogP contribution is -2.25. The highest BCUT2D eigenvalue weighted by atomic mass is 32.2. The number of thioether (sulfide) groups is 1. The molecule has 0 unspecified atom stereocenters. The number of aromatic nitrogens is 4. The average molecular weight is 559 g/mol. The van der Waals surface area contributed by atoms with Crippen LogP contribution in [0.4, 0.5) is 5.13 Å². The Labute approximate surface area is 233 Å². The Hall–Kier alpha value is -4.22. The summed E-state index contributed by atoms with van der Waals surface area (Å²) in [6, 6.07) is 20.7. The molecule has 0 fully saturated rings. The van der Waals surface area contributed by atoms with E-state index in [4.69, 9.17) is 4.74 Å². The molecular weight excluding hydrogens is 532 g/mol. The Bertz CT molecular complexity index is 1630. The summed E-state index contributed by atoms with van der Waals surface area (Å²) in [5.41, 5.74) is 4.38. The number of nitrogens with one attached hydrogen (secondary N) is 2. The highest BCUT2D eigenvalue weighted by Gasteiger charge is 2.19. The second-order valence-corrected chi connectivity index (χ2v) is 10.7. The molecule has 0 atom stereocenters. The van der Waals surface area contributed by atoms with Crippen LogP contribution in [0.25, 0.3) is 15.9 Å². The van der Waals surface area contributed by atoms with Crippen LogP contribution in [0.5, 0.6) is 5.75 Å². The summed E-state index contributed by atoms with van der Waals surface area (Å²) in [5.74, 6) is 0.823. The first kappa shape index (κ1) is 26.4. The molecule has 2 N–H and O–H groups in total. The molecule has 0 saturated heterocycles. The Kier molecular flexibility index (Phi) is 7.89. The van der Waals surface area contributed by atoms with Crippen LogP contribution in [-0.2, 0) is 11.3 Å². The maximum Gasteiger partial charge on any atom is 0.251 e. The van der Waals surface area contributed by atoms with Crippen molar-refractivity contribution in [3.63, 3.8) is 0 Å². The number of benzene rings is 3. The molecule has 11 heteroatoms. The van der Waals surface area contributed by atoms with Crippen molar-refractivity contribution in [2.75, 3.05) is 18.2 Å². The van der Waals surface area contributed by atoms with Gasteiger partial charge in [-0.2, -0.15) is 0 Å². The van der Waals surface area contributed by atoms with Gasteiger partial charge in [0, 0.05) is 5.56 Å². The zero-order chi connectivity index (χ0) is 27.4. The lowest BCUT2D eigenvalue weighted by atomic mass is 10.1. The number of fused-ring (bicyclic) bond motifs is 1. The van der Waals surface area contributed by atoms with Gasteiger partial charge >= 0.3 is 0 Å². The number of methoxy groups -OCH3 is 1. The molecule has 2 amide bonds. The summed E-state index contributed by atoms with van der Waals surface area (Å²) < 4.78 is 8.13. The van der Waals surface area contributed by atoms with Crippen molar-refractivity contribution in [1.82, 2.24) is 25.1 Å². The zero-order valence-corrected chi connectivity index (χ0v) is 23.2. The summed E-state index contributed by atoms with van der Waals surface area (Å²) in [5, 5.41) is 15.6. The van der Waals surface area contributed by atoms with E-state index in [1.807, 2.05) is 60.9 Å². The predicted octanol–water partition coefficient (Wildman–Crippen LogP) is 5.16. The van der Waals surface area contributed by atoms with Gasteiger partial charge in [0.25, 0.3) is 5.91 Å². The normalized spacial score (nSPS) is 10.9. The molecule has 0 radical (unpaired) electrons.